The zero-order chi connectivity index (χ0) is 36.7. The molecule has 8 aromatic carbocycles. The van der Waals surface area contributed by atoms with E-state index in [2.05, 4.69) is 91.0 Å². The van der Waals surface area contributed by atoms with Gasteiger partial charge in [-0.2, -0.15) is 0 Å². The van der Waals surface area contributed by atoms with Crippen molar-refractivity contribution >= 4 is 63.8 Å². The van der Waals surface area contributed by atoms with Gasteiger partial charge in [-0.15, -0.1) is 11.3 Å². The van der Waals surface area contributed by atoms with Gasteiger partial charge in [0.15, 0.2) is 17.5 Å². The molecular formula is C45H27N3S. The van der Waals surface area contributed by atoms with Gasteiger partial charge in [0.25, 0.3) is 0 Å². The fourth-order valence-electron chi connectivity index (χ4n) is 6.97. The number of benzene rings is 8. The quantitative estimate of drug-likeness (QED) is 0.179. The summed E-state index contributed by atoms with van der Waals surface area (Å²) in [6, 6.07) is 43.9. The lowest BCUT2D eigenvalue weighted by atomic mass is 9.92. The summed E-state index contributed by atoms with van der Waals surface area (Å²) < 4.78 is 44.4. The zero-order valence-corrected chi connectivity index (χ0v) is 26.8. The molecular weight excluding hydrogens is 615 g/mol. The molecule has 2 heterocycles. The van der Waals surface area contributed by atoms with E-state index in [1.165, 1.54) is 32.3 Å². The molecule has 0 amide bonds. The summed E-state index contributed by atoms with van der Waals surface area (Å²) >= 11 is 1.69. The number of aromatic nitrogens is 3. The molecule has 0 fully saturated rings. The van der Waals surface area contributed by atoms with Crippen molar-refractivity contribution in [3.8, 4) is 45.3 Å². The second-order valence-electron chi connectivity index (χ2n) is 12.0. The highest BCUT2D eigenvalue weighted by atomic mass is 32.1. The van der Waals surface area contributed by atoms with E-state index in [4.69, 9.17) is 21.8 Å². The Morgan fingerprint density at radius 2 is 0.959 bits per heavy atom. The monoisotopic (exact) mass is 646 g/mol. The van der Waals surface area contributed by atoms with Crippen LogP contribution >= 0.6 is 11.3 Å². The van der Waals surface area contributed by atoms with Crippen LogP contribution in [0.15, 0.2) is 164 Å². The third-order valence-electron chi connectivity index (χ3n) is 9.20. The molecule has 0 unspecified atom stereocenters. The molecule has 0 atom stereocenters. The second-order valence-corrected chi connectivity index (χ2v) is 13.1. The van der Waals surface area contributed by atoms with E-state index in [9.17, 15) is 0 Å². The molecule has 0 aliphatic heterocycles. The van der Waals surface area contributed by atoms with Gasteiger partial charge in [0, 0.05) is 36.9 Å². The van der Waals surface area contributed by atoms with E-state index in [-0.39, 0.29) is 23.5 Å². The fourth-order valence-corrected chi connectivity index (χ4v) is 8.08. The van der Waals surface area contributed by atoms with Gasteiger partial charge >= 0.3 is 0 Å². The first-order valence-corrected chi connectivity index (χ1v) is 16.9. The molecule has 0 radical (unpaired) electrons. The summed E-state index contributed by atoms with van der Waals surface area (Å²) in [6.45, 7) is 0. The highest BCUT2D eigenvalue weighted by Gasteiger charge is 2.18. The Morgan fingerprint density at radius 3 is 1.67 bits per heavy atom. The van der Waals surface area contributed by atoms with Crippen molar-refractivity contribution in [2.75, 3.05) is 0 Å². The molecule has 49 heavy (non-hydrogen) atoms. The third-order valence-corrected chi connectivity index (χ3v) is 10.3. The molecule has 0 aliphatic carbocycles. The highest BCUT2D eigenvalue weighted by molar-refractivity contribution is 7.26. The van der Waals surface area contributed by atoms with Gasteiger partial charge < -0.3 is 0 Å². The molecule has 0 N–H and O–H groups in total. The molecule has 228 valence electrons. The average Bonchev–Trinajstić information content (AvgIpc) is 3.61. The van der Waals surface area contributed by atoms with Crippen molar-refractivity contribution in [3.63, 3.8) is 0 Å². The first-order chi connectivity index (χ1) is 26.4. The standard InChI is InChI=1S/C45H27N3S/c1-3-12-28(13-4-1)43-46-44(29-14-5-2-6-15-29)48-45(47-43)37-20-11-21-41-42(37)39-27-31(23-25-40(39)49-41)30-22-24-36-34-18-8-7-16-32(34)33-17-9-10-19-35(33)38(36)26-30/h1-27H/i1D,3D,4D,12D,13D. The maximum Gasteiger partial charge on any atom is 0.164 e. The van der Waals surface area contributed by atoms with Gasteiger partial charge in [-0.05, 0) is 67.7 Å². The van der Waals surface area contributed by atoms with E-state index in [0.29, 0.717) is 11.6 Å². The molecule has 3 nitrogen and oxygen atoms in total. The predicted octanol–water partition coefficient (Wildman–Crippen LogP) is 12.4. The van der Waals surface area contributed by atoms with E-state index in [1.54, 1.807) is 11.3 Å². The molecule has 0 saturated heterocycles. The lowest BCUT2D eigenvalue weighted by Crippen LogP contribution is -2.00. The first kappa shape index (κ1) is 23.2. The van der Waals surface area contributed by atoms with Gasteiger partial charge in [0.2, 0.25) is 0 Å². The van der Waals surface area contributed by atoms with Crippen LogP contribution in [0.5, 0.6) is 0 Å². The summed E-state index contributed by atoms with van der Waals surface area (Å²) in [4.78, 5) is 14.5. The normalized spacial score (nSPS) is 13.1. The van der Waals surface area contributed by atoms with Crippen molar-refractivity contribution in [2.24, 2.45) is 0 Å². The number of hydrogen-bond donors (Lipinski definition) is 0. The number of hydrogen-bond acceptors (Lipinski definition) is 4. The van der Waals surface area contributed by atoms with Crippen LogP contribution in [0.4, 0.5) is 0 Å². The lowest BCUT2D eigenvalue weighted by Gasteiger charge is -2.12. The highest BCUT2D eigenvalue weighted by Crippen LogP contribution is 2.42. The summed E-state index contributed by atoms with van der Waals surface area (Å²) in [5.41, 5.74) is 3.60. The minimum Gasteiger partial charge on any atom is -0.208 e. The van der Waals surface area contributed by atoms with Gasteiger partial charge in [-0.3, -0.25) is 0 Å². The molecule has 0 bridgehead atoms. The molecule has 2 aromatic heterocycles. The Hall–Kier alpha value is -6.23. The Bertz CT molecular complexity index is 3120. The first-order valence-electron chi connectivity index (χ1n) is 18.5. The van der Waals surface area contributed by atoms with Crippen LogP contribution in [-0.4, -0.2) is 15.0 Å². The van der Waals surface area contributed by atoms with Gasteiger partial charge in [-0.1, -0.05) is 139 Å². The van der Waals surface area contributed by atoms with Crippen LogP contribution < -0.4 is 0 Å². The van der Waals surface area contributed by atoms with E-state index in [0.717, 1.165) is 42.4 Å². The molecule has 0 saturated carbocycles. The molecule has 10 aromatic rings. The van der Waals surface area contributed by atoms with Gasteiger partial charge in [-0.25, -0.2) is 15.0 Å². The van der Waals surface area contributed by atoms with Crippen molar-refractivity contribution in [3.05, 3.63) is 164 Å². The van der Waals surface area contributed by atoms with Crippen LogP contribution in [0.25, 0.3) is 97.8 Å². The second kappa shape index (κ2) is 11.2. The summed E-state index contributed by atoms with van der Waals surface area (Å²) in [5, 5.41) is 9.39. The lowest BCUT2D eigenvalue weighted by molar-refractivity contribution is 1.08. The number of rotatable bonds is 4. The number of nitrogens with zero attached hydrogens (tertiary/aromatic N) is 3. The van der Waals surface area contributed by atoms with Gasteiger partial charge in [0.1, 0.15) is 0 Å². The maximum absolute atomic E-state index is 8.71. The summed E-state index contributed by atoms with van der Waals surface area (Å²) in [6.07, 6.45) is 0. The van der Waals surface area contributed by atoms with Gasteiger partial charge in [0.05, 0.1) is 6.85 Å². The summed E-state index contributed by atoms with van der Waals surface area (Å²) in [7, 11) is 0. The molecule has 10 rings (SSSR count). The topological polar surface area (TPSA) is 38.7 Å². The molecule has 0 spiro atoms. The predicted molar refractivity (Wildman–Crippen MR) is 207 cm³/mol. The Kier molecular flexibility index (Phi) is 5.29. The van der Waals surface area contributed by atoms with Crippen molar-refractivity contribution < 1.29 is 6.85 Å². The molecule has 0 aliphatic rings. The van der Waals surface area contributed by atoms with Crippen LogP contribution in [0.2, 0.25) is 0 Å². The van der Waals surface area contributed by atoms with Crippen molar-refractivity contribution in [1.29, 1.82) is 0 Å². The van der Waals surface area contributed by atoms with Crippen LogP contribution in [0.1, 0.15) is 6.85 Å². The van der Waals surface area contributed by atoms with Crippen molar-refractivity contribution in [1.82, 2.24) is 15.0 Å². The minimum absolute atomic E-state index is 0.0176. The Labute approximate surface area is 293 Å². The number of fused-ring (bicyclic) bond motifs is 9. The smallest absolute Gasteiger partial charge is 0.164 e. The Morgan fingerprint density at radius 1 is 0.388 bits per heavy atom. The fraction of sp³-hybridized carbons (Fsp3) is 0. The molecule has 4 heteroatoms. The Balaban J connectivity index is 1.20. The summed E-state index contributed by atoms with van der Waals surface area (Å²) in [5.74, 6) is 0.713. The van der Waals surface area contributed by atoms with Crippen LogP contribution in [0.3, 0.4) is 0 Å². The average molecular weight is 647 g/mol. The largest absolute Gasteiger partial charge is 0.208 e. The van der Waals surface area contributed by atoms with Crippen LogP contribution in [0, 0.1) is 0 Å². The zero-order valence-electron chi connectivity index (χ0n) is 31.0. The SMILES string of the molecule is [2H]c1c([2H])c([2H])c(-c2nc(-c3ccccc3)nc(-c3cccc4sc5ccc(-c6ccc7c8ccccc8c8ccccc8c7c6)cc5c34)n2)c([2H])c1[2H]. The minimum atomic E-state index is -0.468. The number of thiophene rings is 1. The van der Waals surface area contributed by atoms with Crippen LogP contribution in [-0.2, 0) is 0 Å². The maximum atomic E-state index is 8.71. The van der Waals surface area contributed by atoms with Crippen molar-refractivity contribution in [2.45, 2.75) is 0 Å². The third kappa shape index (κ3) is 4.61. The van der Waals surface area contributed by atoms with E-state index < -0.39 is 18.1 Å². The van der Waals surface area contributed by atoms with E-state index >= 15 is 0 Å². The van der Waals surface area contributed by atoms with E-state index in [1.807, 2.05) is 42.5 Å².